The van der Waals surface area contributed by atoms with Gasteiger partial charge in [-0.3, -0.25) is 0 Å². The molecule has 2 rings (SSSR count). The highest BCUT2D eigenvalue weighted by molar-refractivity contribution is 6.33. The maximum atomic E-state index is 8.91. The molecule has 0 atom stereocenters. The van der Waals surface area contributed by atoms with Crippen molar-refractivity contribution in [1.82, 2.24) is 19.5 Å². The number of aliphatic hydroxyl groups excluding tert-OH is 2. The molecule has 0 amide bonds. The number of hydrogen-bond donors (Lipinski definition) is 2. The van der Waals surface area contributed by atoms with Crippen molar-refractivity contribution in [3.05, 3.63) is 29.5 Å². The number of aromatic nitrogens is 4. The number of aliphatic hydroxyl groups is 2. The molecule has 17 heavy (non-hydrogen) atoms. The van der Waals surface area contributed by atoms with E-state index < -0.39 is 0 Å². The number of nitrogens with zero attached hydrogens (tertiary/aromatic N) is 4. The minimum atomic E-state index is -0.168. The van der Waals surface area contributed by atoms with E-state index in [1.165, 1.54) is 6.33 Å². The minimum absolute atomic E-state index is 0.168. The lowest BCUT2D eigenvalue weighted by atomic mass is 10.3. The topological polar surface area (TPSA) is 84.1 Å². The molecule has 0 aliphatic heterocycles. The molecule has 0 unspecified atom stereocenters. The zero-order valence-electron chi connectivity index (χ0n) is 8.91. The Balaban J connectivity index is 2.31. The highest BCUT2D eigenvalue weighted by Gasteiger charge is 2.07. The van der Waals surface area contributed by atoms with E-state index in [9.17, 15) is 0 Å². The lowest BCUT2D eigenvalue weighted by Crippen LogP contribution is -2.01. The molecule has 2 heterocycles. The first-order valence-electron chi connectivity index (χ1n) is 4.97. The Morgan fingerprint density at radius 1 is 1.29 bits per heavy atom. The zero-order valence-corrected chi connectivity index (χ0v) is 9.67. The van der Waals surface area contributed by atoms with Crippen molar-refractivity contribution in [2.45, 2.75) is 6.54 Å². The van der Waals surface area contributed by atoms with Crippen LogP contribution in [0.2, 0.25) is 5.15 Å². The molecule has 2 aromatic rings. The molecule has 0 aliphatic carbocycles. The van der Waals surface area contributed by atoms with Gasteiger partial charge in [0.05, 0.1) is 19.5 Å². The Hall–Kier alpha value is -1.50. The summed E-state index contributed by atoms with van der Waals surface area (Å²) in [4.78, 5) is 12.0. The van der Waals surface area contributed by atoms with Crippen molar-refractivity contribution in [2.75, 3.05) is 13.2 Å². The average Bonchev–Trinajstić information content (AvgIpc) is 2.75. The molecule has 2 aromatic heterocycles. The second-order valence-corrected chi connectivity index (χ2v) is 3.77. The van der Waals surface area contributed by atoms with Crippen LogP contribution in [0.25, 0.3) is 11.2 Å². The molecular weight excluding hydrogens is 244 g/mol. The predicted octanol–water partition coefficient (Wildman–Crippen LogP) is 0.391. The maximum Gasteiger partial charge on any atom is 0.165 e. The molecule has 0 bridgehead atoms. The quantitative estimate of drug-likeness (QED) is 0.609. The first-order valence-corrected chi connectivity index (χ1v) is 5.35. The van der Waals surface area contributed by atoms with Gasteiger partial charge in [-0.2, -0.15) is 0 Å². The first-order chi connectivity index (χ1) is 8.26. The molecular formula is C10H11ClN4O2. The normalized spacial score (nSPS) is 10.8. The van der Waals surface area contributed by atoms with E-state index in [-0.39, 0.29) is 13.2 Å². The van der Waals surface area contributed by atoms with Crippen molar-refractivity contribution in [2.24, 2.45) is 0 Å². The second-order valence-electron chi connectivity index (χ2n) is 3.41. The Morgan fingerprint density at radius 2 is 2.06 bits per heavy atom. The van der Waals surface area contributed by atoms with E-state index >= 15 is 0 Å². The van der Waals surface area contributed by atoms with Crippen LogP contribution < -0.4 is 0 Å². The summed E-state index contributed by atoms with van der Waals surface area (Å²) in [5, 5.41) is 18.1. The van der Waals surface area contributed by atoms with Crippen LogP contribution in [0.4, 0.5) is 0 Å². The number of allylic oxidation sites excluding steroid dienone is 1. The molecule has 0 radical (unpaired) electrons. The van der Waals surface area contributed by atoms with Crippen molar-refractivity contribution < 1.29 is 10.2 Å². The van der Waals surface area contributed by atoms with Gasteiger partial charge in [0, 0.05) is 6.54 Å². The molecule has 0 saturated carbocycles. The highest BCUT2D eigenvalue weighted by atomic mass is 35.5. The lowest BCUT2D eigenvalue weighted by Gasteiger charge is -2.01. The van der Waals surface area contributed by atoms with Gasteiger partial charge in [-0.05, 0) is 5.57 Å². The van der Waals surface area contributed by atoms with Gasteiger partial charge < -0.3 is 14.8 Å². The van der Waals surface area contributed by atoms with Crippen molar-refractivity contribution in [1.29, 1.82) is 0 Å². The molecule has 0 aliphatic rings. The number of imidazole rings is 1. The second kappa shape index (κ2) is 5.22. The molecule has 7 heteroatoms. The maximum absolute atomic E-state index is 8.91. The van der Waals surface area contributed by atoms with Gasteiger partial charge >= 0.3 is 0 Å². The van der Waals surface area contributed by atoms with E-state index in [0.717, 1.165) is 0 Å². The summed E-state index contributed by atoms with van der Waals surface area (Å²) in [5.74, 6) is 0. The Morgan fingerprint density at radius 3 is 2.76 bits per heavy atom. The summed E-state index contributed by atoms with van der Waals surface area (Å²) in [7, 11) is 0. The molecule has 6 nitrogen and oxygen atoms in total. The summed E-state index contributed by atoms with van der Waals surface area (Å²) in [5.41, 5.74) is 1.71. The number of rotatable bonds is 4. The van der Waals surface area contributed by atoms with E-state index in [2.05, 4.69) is 15.0 Å². The van der Waals surface area contributed by atoms with Gasteiger partial charge in [-0.25, -0.2) is 15.0 Å². The molecule has 0 saturated heterocycles. The van der Waals surface area contributed by atoms with Gasteiger partial charge in [-0.1, -0.05) is 17.7 Å². The Bertz CT molecular complexity index is 546. The largest absolute Gasteiger partial charge is 0.392 e. The average molecular weight is 255 g/mol. The first kappa shape index (κ1) is 12.0. The standard InChI is InChI=1S/C10H11ClN4O2/c11-9-8-10(13-5-12-9)15(6-14-8)2-1-7(3-16)4-17/h1,5-6,16-17H,2-4H2. The molecule has 2 N–H and O–H groups in total. The van der Waals surface area contributed by atoms with Crippen molar-refractivity contribution in [3.8, 4) is 0 Å². The smallest absolute Gasteiger partial charge is 0.165 e. The monoisotopic (exact) mass is 254 g/mol. The number of hydrogen-bond acceptors (Lipinski definition) is 5. The van der Waals surface area contributed by atoms with Crippen LogP contribution in [0.15, 0.2) is 24.3 Å². The zero-order chi connectivity index (χ0) is 12.3. The van der Waals surface area contributed by atoms with Crippen LogP contribution in [0, 0.1) is 0 Å². The van der Waals surface area contributed by atoms with Crippen molar-refractivity contribution >= 4 is 22.8 Å². The van der Waals surface area contributed by atoms with Gasteiger partial charge in [0.2, 0.25) is 0 Å². The lowest BCUT2D eigenvalue weighted by molar-refractivity contribution is 0.275. The number of fused-ring (bicyclic) bond motifs is 1. The molecule has 0 fully saturated rings. The van der Waals surface area contributed by atoms with Crippen LogP contribution in [-0.2, 0) is 6.54 Å². The third-order valence-electron chi connectivity index (χ3n) is 2.34. The summed E-state index contributed by atoms with van der Waals surface area (Å²) in [6.07, 6.45) is 4.68. The fourth-order valence-corrected chi connectivity index (χ4v) is 1.57. The third-order valence-corrected chi connectivity index (χ3v) is 2.62. The van der Waals surface area contributed by atoms with Gasteiger partial charge in [0.1, 0.15) is 11.8 Å². The van der Waals surface area contributed by atoms with E-state index in [0.29, 0.717) is 28.4 Å². The molecule has 0 aromatic carbocycles. The van der Waals surface area contributed by atoms with Crippen LogP contribution in [-0.4, -0.2) is 42.9 Å². The fourth-order valence-electron chi connectivity index (χ4n) is 1.39. The number of halogens is 1. The van der Waals surface area contributed by atoms with Crippen LogP contribution in [0.5, 0.6) is 0 Å². The van der Waals surface area contributed by atoms with Crippen LogP contribution in [0.1, 0.15) is 0 Å². The van der Waals surface area contributed by atoms with E-state index in [4.69, 9.17) is 21.8 Å². The van der Waals surface area contributed by atoms with Crippen LogP contribution in [0.3, 0.4) is 0 Å². The minimum Gasteiger partial charge on any atom is -0.392 e. The summed E-state index contributed by atoms with van der Waals surface area (Å²) >= 11 is 5.87. The Kier molecular flexibility index (Phi) is 3.68. The van der Waals surface area contributed by atoms with Gasteiger partial charge in [-0.15, -0.1) is 0 Å². The highest BCUT2D eigenvalue weighted by Crippen LogP contribution is 2.16. The summed E-state index contributed by atoms with van der Waals surface area (Å²) in [6, 6.07) is 0. The molecule has 0 spiro atoms. The van der Waals surface area contributed by atoms with Crippen LogP contribution >= 0.6 is 11.6 Å². The summed E-state index contributed by atoms with van der Waals surface area (Å²) in [6.45, 7) is 0.123. The predicted molar refractivity (Wildman–Crippen MR) is 62.6 cm³/mol. The molecule has 90 valence electrons. The SMILES string of the molecule is OCC(=CCn1cnc2c(Cl)ncnc21)CO. The third kappa shape index (κ3) is 2.44. The summed E-state index contributed by atoms with van der Waals surface area (Å²) < 4.78 is 1.76. The van der Waals surface area contributed by atoms with Gasteiger partial charge in [0.15, 0.2) is 10.8 Å². The van der Waals surface area contributed by atoms with Gasteiger partial charge in [0.25, 0.3) is 0 Å². The van der Waals surface area contributed by atoms with Crippen molar-refractivity contribution in [3.63, 3.8) is 0 Å². The fraction of sp³-hybridized carbons (Fsp3) is 0.300. The van der Waals surface area contributed by atoms with E-state index in [1.807, 2.05) is 0 Å². The van der Waals surface area contributed by atoms with E-state index in [1.54, 1.807) is 17.0 Å². The Labute approximate surface area is 102 Å².